The highest BCUT2D eigenvalue weighted by molar-refractivity contribution is 6.07. The van der Waals surface area contributed by atoms with E-state index in [2.05, 4.69) is 23.3 Å². The van der Waals surface area contributed by atoms with Gasteiger partial charge in [0, 0.05) is 24.0 Å². The van der Waals surface area contributed by atoms with Gasteiger partial charge in [-0.1, -0.05) is 31.5 Å². The minimum Gasteiger partial charge on any atom is -0.444 e. The summed E-state index contributed by atoms with van der Waals surface area (Å²) in [4.78, 5) is 32.3. The summed E-state index contributed by atoms with van der Waals surface area (Å²) in [6.45, 7) is 9.27. The van der Waals surface area contributed by atoms with Crippen LogP contribution < -0.4 is 10.2 Å². The molecule has 0 aliphatic carbocycles. The third kappa shape index (κ3) is 5.10. The predicted molar refractivity (Wildman–Crippen MR) is 120 cm³/mol. The monoisotopic (exact) mass is 411 g/mol. The van der Waals surface area contributed by atoms with Gasteiger partial charge in [-0.15, -0.1) is 0 Å². The number of fused-ring (bicyclic) bond motifs is 1. The van der Waals surface area contributed by atoms with E-state index in [-0.39, 0.29) is 11.9 Å². The van der Waals surface area contributed by atoms with E-state index >= 15 is 0 Å². The quantitative estimate of drug-likeness (QED) is 0.758. The Labute approximate surface area is 179 Å². The number of anilines is 1. The summed E-state index contributed by atoms with van der Waals surface area (Å²) in [5.41, 5.74) is 3.78. The number of para-hydroxylation sites is 1. The van der Waals surface area contributed by atoms with Gasteiger partial charge in [0.2, 0.25) is 5.91 Å². The van der Waals surface area contributed by atoms with Crippen molar-refractivity contribution < 1.29 is 14.3 Å². The van der Waals surface area contributed by atoms with Gasteiger partial charge in [0.1, 0.15) is 11.6 Å². The molecule has 6 nitrogen and oxygen atoms in total. The molecule has 162 valence electrons. The molecule has 2 aliphatic heterocycles. The van der Waals surface area contributed by atoms with E-state index in [0.717, 1.165) is 49.1 Å². The summed E-state index contributed by atoms with van der Waals surface area (Å²) in [6.07, 6.45) is 6.04. The number of hydrogen-bond donors (Lipinski definition) is 1. The number of rotatable bonds is 5. The molecular formula is C24H33N3O3. The van der Waals surface area contributed by atoms with E-state index in [0.29, 0.717) is 0 Å². The number of alkyl carbamates (subject to hydrolysis) is 1. The summed E-state index contributed by atoms with van der Waals surface area (Å²) < 4.78 is 5.33. The number of hydrogen-bond acceptors (Lipinski definition) is 4. The minimum absolute atomic E-state index is 0.0964. The van der Waals surface area contributed by atoms with Gasteiger partial charge in [-0.3, -0.25) is 9.79 Å². The number of amides is 2. The molecule has 0 saturated heterocycles. The average molecular weight is 412 g/mol. The topological polar surface area (TPSA) is 71.0 Å². The lowest BCUT2D eigenvalue weighted by Gasteiger charge is -2.39. The molecule has 0 saturated carbocycles. The van der Waals surface area contributed by atoms with Crippen LogP contribution in [0.1, 0.15) is 65.9 Å². The normalized spacial score (nSPS) is 19.5. The summed E-state index contributed by atoms with van der Waals surface area (Å²) >= 11 is 0. The average Bonchev–Trinajstić information content (AvgIpc) is 3.13. The Kier molecular flexibility index (Phi) is 6.64. The van der Waals surface area contributed by atoms with E-state index in [1.807, 2.05) is 29.3 Å². The van der Waals surface area contributed by atoms with Gasteiger partial charge in [0.15, 0.2) is 0 Å². The summed E-state index contributed by atoms with van der Waals surface area (Å²) in [5.74, 6) is -0.148. The number of aryl methyl sites for hydroxylation is 1. The summed E-state index contributed by atoms with van der Waals surface area (Å²) in [6, 6.07) is 7.19. The highest BCUT2D eigenvalue weighted by Crippen LogP contribution is 2.34. The van der Waals surface area contributed by atoms with Crippen molar-refractivity contribution in [2.45, 2.75) is 84.4 Å². The first-order valence-corrected chi connectivity index (χ1v) is 10.8. The first-order chi connectivity index (χ1) is 14.2. The van der Waals surface area contributed by atoms with Crippen molar-refractivity contribution in [3.8, 4) is 0 Å². The van der Waals surface area contributed by atoms with Crippen molar-refractivity contribution in [3.05, 3.63) is 41.6 Å². The van der Waals surface area contributed by atoms with Crippen molar-refractivity contribution in [1.29, 1.82) is 0 Å². The standard InChI is InChI=1S/C24H33N3O3/c1-6-9-17-14-19(25-15-17)21-13-12-18-10-7-8-11-20(18)27(21)22(28)16(2)26-23(29)30-24(3,4)5/h7-8,10-11,15-16,21H,6,9,12-14H2,1-5H3,(H,26,29). The zero-order valence-corrected chi connectivity index (χ0v) is 18.7. The molecule has 1 aromatic carbocycles. The molecule has 6 heteroatoms. The second-order valence-corrected chi connectivity index (χ2v) is 9.09. The molecule has 1 N–H and O–H groups in total. The Bertz CT molecular complexity index is 867. The molecule has 0 fully saturated rings. The van der Waals surface area contributed by atoms with Gasteiger partial charge in [0.25, 0.3) is 0 Å². The van der Waals surface area contributed by atoms with Crippen LogP contribution in [-0.2, 0) is 16.0 Å². The molecule has 2 unspecified atom stereocenters. The van der Waals surface area contributed by atoms with Crippen LogP contribution >= 0.6 is 0 Å². The fourth-order valence-electron chi connectivity index (χ4n) is 4.07. The number of ether oxygens (including phenoxy) is 1. The van der Waals surface area contributed by atoms with Crippen molar-refractivity contribution in [2.24, 2.45) is 4.99 Å². The first-order valence-electron chi connectivity index (χ1n) is 10.8. The van der Waals surface area contributed by atoms with Gasteiger partial charge < -0.3 is 15.0 Å². The Balaban J connectivity index is 1.82. The molecule has 0 aromatic heterocycles. The highest BCUT2D eigenvalue weighted by Gasteiger charge is 2.37. The lowest BCUT2D eigenvalue weighted by molar-refractivity contribution is -0.120. The SMILES string of the molecule is CCCC1=CN=C(C2CCc3ccccc3N2C(=O)C(C)NC(=O)OC(C)(C)C)C1. The number of carbonyl (C=O) groups excluding carboxylic acids is 2. The van der Waals surface area contributed by atoms with Crippen LogP contribution in [0.4, 0.5) is 10.5 Å². The molecule has 1 aromatic rings. The Morgan fingerprint density at radius 2 is 2.03 bits per heavy atom. The maximum absolute atomic E-state index is 13.5. The number of nitrogens with one attached hydrogen (secondary N) is 1. The third-order valence-electron chi connectivity index (χ3n) is 5.37. The Morgan fingerprint density at radius 1 is 1.30 bits per heavy atom. The van der Waals surface area contributed by atoms with E-state index < -0.39 is 17.7 Å². The van der Waals surface area contributed by atoms with Crippen LogP contribution in [0.2, 0.25) is 0 Å². The fraction of sp³-hybridized carbons (Fsp3) is 0.542. The van der Waals surface area contributed by atoms with Crippen LogP contribution in [0.15, 0.2) is 41.0 Å². The van der Waals surface area contributed by atoms with Gasteiger partial charge in [-0.05, 0) is 64.2 Å². The van der Waals surface area contributed by atoms with E-state index in [1.54, 1.807) is 27.7 Å². The van der Waals surface area contributed by atoms with Gasteiger partial charge in [-0.25, -0.2) is 4.79 Å². The van der Waals surface area contributed by atoms with Gasteiger partial charge in [-0.2, -0.15) is 0 Å². The highest BCUT2D eigenvalue weighted by atomic mass is 16.6. The zero-order valence-electron chi connectivity index (χ0n) is 18.7. The molecular weight excluding hydrogens is 378 g/mol. The number of aliphatic imine (C=N–C) groups is 1. The molecule has 0 spiro atoms. The maximum Gasteiger partial charge on any atom is 0.408 e. The van der Waals surface area contributed by atoms with Crippen molar-refractivity contribution in [3.63, 3.8) is 0 Å². The maximum atomic E-state index is 13.5. The van der Waals surface area contributed by atoms with Gasteiger partial charge in [0.05, 0.1) is 6.04 Å². The van der Waals surface area contributed by atoms with E-state index in [1.165, 1.54) is 5.57 Å². The largest absolute Gasteiger partial charge is 0.444 e. The zero-order chi connectivity index (χ0) is 21.9. The Morgan fingerprint density at radius 3 is 2.73 bits per heavy atom. The molecule has 0 bridgehead atoms. The lowest BCUT2D eigenvalue weighted by Crippen LogP contribution is -2.55. The molecule has 2 aliphatic rings. The molecule has 30 heavy (non-hydrogen) atoms. The molecule has 0 radical (unpaired) electrons. The summed E-state index contributed by atoms with van der Waals surface area (Å²) in [5, 5.41) is 2.70. The van der Waals surface area contributed by atoms with Crippen LogP contribution in [0.25, 0.3) is 0 Å². The number of nitrogens with zero attached hydrogens (tertiary/aromatic N) is 2. The number of carbonyl (C=O) groups is 2. The van der Waals surface area contributed by atoms with E-state index in [4.69, 9.17) is 4.74 Å². The van der Waals surface area contributed by atoms with Gasteiger partial charge >= 0.3 is 6.09 Å². The van der Waals surface area contributed by atoms with Crippen LogP contribution in [0.5, 0.6) is 0 Å². The van der Waals surface area contributed by atoms with Crippen LogP contribution in [-0.4, -0.2) is 35.4 Å². The summed E-state index contributed by atoms with van der Waals surface area (Å²) in [7, 11) is 0. The molecule has 2 atom stereocenters. The van der Waals surface area contributed by atoms with Crippen LogP contribution in [0.3, 0.4) is 0 Å². The molecule has 3 rings (SSSR count). The number of benzene rings is 1. The smallest absolute Gasteiger partial charge is 0.408 e. The second-order valence-electron chi connectivity index (χ2n) is 9.09. The number of allylic oxidation sites excluding steroid dienone is 1. The predicted octanol–water partition coefficient (Wildman–Crippen LogP) is 4.78. The van der Waals surface area contributed by atoms with E-state index in [9.17, 15) is 9.59 Å². The first kappa shape index (κ1) is 22.1. The minimum atomic E-state index is -0.710. The Hall–Kier alpha value is -2.63. The third-order valence-corrected chi connectivity index (χ3v) is 5.37. The molecule has 2 heterocycles. The molecule has 2 amide bonds. The van der Waals surface area contributed by atoms with Crippen molar-refractivity contribution >= 4 is 23.4 Å². The van der Waals surface area contributed by atoms with Crippen LogP contribution in [0, 0.1) is 0 Å². The van der Waals surface area contributed by atoms with Crippen molar-refractivity contribution in [1.82, 2.24) is 5.32 Å². The fourth-order valence-corrected chi connectivity index (χ4v) is 4.07. The lowest BCUT2D eigenvalue weighted by atomic mass is 9.90. The van der Waals surface area contributed by atoms with Crippen molar-refractivity contribution in [2.75, 3.05) is 4.90 Å². The second kappa shape index (κ2) is 9.02.